The molecule has 3 nitrogen and oxygen atoms in total. The van der Waals surface area contributed by atoms with Gasteiger partial charge in [0.2, 0.25) is 5.91 Å². The molecule has 1 aromatic carbocycles. The second-order valence-electron chi connectivity index (χ2n) is 5.97. The SMILES string of the molecule is CSC[C@H]1CCN([C@H]2CCN(c3c(F)cccc3F)C2=O)C1. The summed E-state index contributed by atoms with van der Waals surface area (Å²) >= 11 is 1.82. The standard InChI is InChI=1S/C16H20F2N2OS/c1-22-10-11-5-7-19(9-11)14-6-8-20(16(14)21)15-12(17)3-2-4-13(15)18/h2-4,11,14H,5-10H2,1H3/t11-,14-/m0/s1. The Hall–Kier alpha value is -1.14. The highest BCUT2D eigenvalue weighted by atomic mass is 32.2. The number of amides is 1. The van der Waals surface area contributed by atoms with E-state index in [0.717, 1.165) is 25.3 Å². The van der Waals surface area contributed by atoms with E-state index in [0.29, 0.717) is 18.9 Å². The van der Waals surface area contributed by atoms with Crippen LogP contribution in [0.15, 0.2) is 18.2 Å². The summed E-state index contributed by atoms with van der Waals surface area (Å²) in [5.41, 5.74) is -0.199. The molecule has 0 unspecified atom stereocenters. The molecule has 120 valence electrons. The van der Waals surface area contributed by atoms with Crippen molar-refractivity contribution in [3.63, 3.8) is 0 Å². The molecule has 0 spiro atoms. The van der Waals surface area contributed by atoms with Gasteiger partial charge in [-0.25, -0.2) is 8.78 Å². The van der Waals surface area contributed by atoms with Gasteiger partial charge in [0.25, 0.3) is 0 Å². The van der Waals surface area contributed by atoms with Crippen LogP contribution in [0.2, 0.25) is 0 Å². The number of thioether (sulfide) groups is 1. The average molecular weight is 326 g/mol. The predicted octanol–water partition coefficient (Wildman–Crippen LogP) is 2.76. The molecule has 2 aliphatic heterocycles. The lowest BCUT2D eigenvalue weighted by molar-refractivity contribution is -0.121. The number of carbonyl (C=O) groups is 1. The number of halogens is 2. The Bertz CT molecular complexity index is 549. The molecular formula is C16H20F2N2OS. The van der Waals surface area contributed by atoms with Crippen LogP contribution in [-0.4, -0.2) is 48.5 Å². The molecule has 2 saturated heterocycles. The number of para-hydroxylation sites is 1. The van der Waals surface area contributed by atoms with Gasteiger partial charge in [0.15, 0.2) is 0 Å². The van der Waals surface area contributed by atoms with E-state index in [1.54, 1.807) is 0 Å². The van der Waals surface area contributed by atoms with Gasteiger partial charge in [0.1, 0.15) is 17.3 Å². The van der Waals surface area contributed by atoms with E-state index < -0.39 is 11.6 Å². The van der Waals surface area contributed by atoms with Crippen molar-refractivity contribution in [2.45, 2.75) is 18.9 Å². The third-order valence-electron chi connectivity index (χ3n) is 4.55. The van der Waals surface area contributed by atoms with Crippen molar-refractivity contribution < 1.29 is 13.6 Å². The Kier molecular flexibility index (Phi) is 4.68. The van der Waals surface area contributed by atoms with E-state index in [-0.39, 0.29) is 17.6 Å². The van der Waals surface area contributed by atoms with Gasteiger partial charge in [-0.1, -0.05) is 6.07 Å². The fourth-order valence-corrected chi connectivity index (χ4v) is 4.23. The van der Waals surface area contributed by atoms with Crippen molar-refractivity contribution in [1.29, 1.82) is 0 Å². The van der Waals surface area contributed by atoms with E-state index >= 15 is 0 Å². The van der Waals surface area contributed by atoms with Crippen LogP contribution in [0.4, 0.5) is 14.5 Å². The summed E-state index contributed by atoms with van der Waals surface area (Å²) in [6, 6.07) is 3.48. The van der Waals surface area contributed by atoms with Crippen molar-refractivity contribution in [2.75, 3.05) is 36.5 Å². The number of benzene rings is 1. The molecule has 3 rings (SSSR count). The fraction of sp³-hybridized carbons (Fsp3) is 0.562. The minimum absolute atomic E-state index is 0.172. The van der Waals surface area contributed by atoms with Crippen LogP contribution in [0, 0.1) is 17.6 Å². The van der Waals surface area contributed by atoms with Gasteiger partial charge >= 0.3 is 0 Å². The highest BCUT2D eigenvalue weighted by molar-refractivity contribution is 7.98. The van der Waals surface area contributed by atoms with E-state index in [1.807, 2.05) is 11.8 Å². The summed E-state index contributed by atoms with van der Waals surface area (Å²) in [6.45, 7) is 2.19. The zero-order valence-corrected chi connectivity index (χ0v) is 13.4. The fourth-order valence-electron chi connectivity index (χ4n) is 3.49. The van der Waals surface area contributed by atoms with E-state index in [4.69, 9.17) is 0 Å². The average Bonchev–Trinajstić information content (AvgIpc) is 3.07. The maximum absolute atomic E-state index is 13.9. The molecular weight excluding hydrogens is 306 g/mol. The third-order valence-corrected chi connectivity index (χ3v) is 5.35. The van der Waals surface area contributed by atoms with Crippen LogP contribution in [0.25, 0.3) is 0 Å². The molecule has 0 bridgehead atoms. The molecule has 0 saturated carbocycles. The molecule has 0 aliphatic carbocycles. The number of hydrogen-bond donors (Lipinski definition) is 0. The number of carbonyl (C=O) groups excluding carboxylic acids is 1. The van der Waals surface area contributed by atoms with Crippen molar-refractivity contribution in [3.8, 4) is 0 Å². The second kappa shape index (κ2) is 6.54. The highest BCUT2D eigenvalue weighted by Gasteiger charge is 2.40. The largest absolute Gasteiger partial charge is 0.306 e. The van der Waals surface area contributed by atoms with Crippen molar-refractivity contribution in [2.24, 2.45) is 5.92 Å². The molecule has 2 fully saturated rings. The van der Waals surface area contributed by atoms with Crippen LogP contribution < -0.4 is 4.90 Å². The number of rotatable bonds is 4. The first-order valence-electron chi connectivity index (χ1n) is 7.60. The summed E-state index contributed by atoms with van der Waals surface area (Å²) in [5, 5.41) is 0. The summed E-state index contributed by atoms with van der Waals surface area (Å²) in [7, 11) is 0. The second-order valence-corrected chi connectivity index (χ2v) is 6.88. The molecule has 2 aliphatic rings. The van der Waals surface area contributed by atoms with Gasteiger partial charge < -0.3 is 4.90 Å². The monoisotopic (exact) mass is 326 g/mol. The summed E-state index contributed by atoms with van der Waals surface area (Å²) in [4.78, 5) is 16.1. The van der Waals surface area contributed by atoms with Crippen molar-refractivity contribution in [1.82, 2.24) is 4.90 Å². The Morgan fingerprint density at radius 3 is 2.64 bits per heavy atom. The molecule has 22 heavy (non-hydrogen) atoms. The zero-order valence-electron chi connectivity index (χ0n) is 12.6. The van der Waals surface area contributed by atoms with Gasteiger partial charge in [-0.2, -0.15) is 11.8 Å². The third kappa shape index (κ3) is 2.86. The summed E-state index contributed by atoms with van der Waals surface area (Å²) < 4.78 is 27.8. The minimum atomic E-state index is -0.671. The van der Waals surface area contributed by atoms with Crippen molar-refractivity contribution in [3.05, 3.63) is 29.8 Å². The van der Waals surface area contributed by atoms with E-state index in [9.17, 15) is 13.6 Å². The van der Waals surface area contributed by atoms with Crippen molar-refractivity contribution >= 4 is 23.4 Å². The van der Waals surface area contributed by atoms with E-state index in [2.05, 4.69) is 11.2 Å². The first kappa shape index (κ1) is 15.7. The first-order chi connectivity index (χ1) is 10.6. The smallest absolute Gasteiger partial charge is 0.244 e. The first-order valence-corrected chi connectivity index (χ1v) is 8.99. The van der Waals surface area contributed by atoms with Crippen LogP contribution in [0.3, 0.4) is 0 Å². The van der Waals surface area contributed by atoms with Crippen LogP contribution in [-0.2, 0) is 4.79 Å². The Morgan fingerprint density at radius 2 is 1.95 bits per heavy atom. The van der Waals surface area contributed by atoms with Crippen LogP contribution in [0.1, 0.15) is 12.8 Å². The molecule has 0 radical (unpaired) electrons. The molecule has 0 aromatic heterocycles. The number of anilines is 1. The van der Waals surface area contributed by atoms with Crippen LogP contribution >= 0.6 is 11.8 Å². The molecule has 1 aromatic rings. The quantitative estimate of drug-likeness (QED) is 0.850. The Morgan fingerprint density at radius 1 is 1.23 bits per heavy atom. The topological polar surface area (TPSA) is 23.6 Å². The normalized spacial score (nSPS) is 26.1. The van der Waals surface area contributed by atoms with Gasteiger partial charge in [0, 0.05) is 13.1 Å². The number of likely N-dealkylation sites (tertiary alicyclic amines) is 1. The molecule has 1 amide bonds. The number of hydrogen-bond acceptors (Lipinski definition) is 3. The molecule has 2 atom stereocenters. The van der Waals surface area contributed by atoms with Gasteiger partial charge in [-0.05, 0) is 49.4 Å². The number of nitrogens with zero attached hydrogens (tertiary/aromatic N) is 2. The van der Waals surface area contributed by atoms with E-state index in [1.165, 1.54) is 23.1 Å². The molecule has 2 heterocycles. The van der Waals surface area contributed by atoms with Gasteiger partial charge in [-0.15, -0.1) is 0 Å². The predicted molar refractivity (Wildman–Crippen MR) is 85.2 cm³/mol. The molecule has 0 N–H and O–H groups in total. The lowest BCUT2D eigenvalue weighted by Gasteiger charge is -2.23. The molecule has 6 heteroatoms. The summed E-state index contributed by atoms with van der Waals surface area (Å²) in [5.74, 6) is 0.200. The lowest BCUT2D eigenvalue weighted by Crippen LogP contribution is -2.41. The summed E-state index contributed by atoms with van der Waals surface area (Å²) in [6.07, 6.45) is 3.82. The van der Waals surface area contributed by atoms with Gasteiger partial charge in [-0.3, -0.25) is 9.69 Å². The minimum Gasteiger partial charge on any atom is -0.306 e. The maximum atomic E-state index is 13.9. The zero-order chi connectivity index (χ0) is 15.7. The lowest BCUT2D eigenvalue weighted by atomic mass is 10.1. The Balaban J connectivity index is 1.73. The maximum Gasteiger partial charge on any atom is 0.244 e. The van der Waals surface area contributed by atoms with Crippen LogP contribution in [0.5, 0.6) is 0 Å². The van der Waals surface area contributed by atoms with Gasteiger partial charge in [0.05, 0.1) is 6.04 Å². The highest BCUT2D eigenvalue weighted by Crippen LogP contribution is 2.31. The Labute approximate surface area is 133 Å².